The lowest BCUT2D eigenvalue weighted by molar-refractivity contribution is 0.0685. The maximum absolute atomic E-state index is 11.5. The fourth-order valence-corrected chi connectivity index (χ4v) is 7.05. The zero-order valence-electron chi connectivity index (χ0n) is 23.8. The van der Waals surface area contributed by atoms with E-state index in [1.54, 1.807) is 23.4 Å². The number of allylic oxidation sites excluding steroid dienone is 3. The molecule has 1 saturated carbocycles. The largest absolute Gasteiger partial charge is 0.477 e. The second-order valence-corrected chi connectivity index (χ2v) is 12.0. The van der Waals surface area contributed by atoms with Crippen LogP contribution in [0.25, 0.3) is 0 Å². The van der Waals surface area contributed by atoms with Crippen molar-refractivity contribution < 1.29 is 9.90 Å². The van der Waals surface area contributed by atoms with E-state index in [2.05, 4.69) is 61.1 Å². The Bertz CT molecular complexity index is 926. The van der Waals surface area contributed by atoms with E-state index < -0.39 is 5.97 Å². The molecule has 0 unspecified atom stereocenters. The molecule has 6 nitrogen and oxygen atoms in total. The standard InChI is InChI=1S/C29H48N4O2S2/c1-7-15-22(16-8-2)33(23-19-13-12-14-20-23)25(17-9-3)31-26(18-10-4)36-27(11-5)37-29-30-21-24(28(34)35)32(29)6/h11,17-18,21-23,31H,7-10,12-16,19-20H2,1-6H3,(H,34,35)/b25-17-,26-18-,27-11+. The number of carbonyl (C=O) groups is 1. The monoisotopic (exact) mass is 548 g/mol. The minimum absolute atomic E-state index is 0.194. The summed E-state index contributed by atoms with van der Waals surface area (Å²) in [7, 11) is 1.75. The molecule has 0 spiro atoms. The van der Waals surface area contributed by atoms with Crippen LogP contribution in [0.4, 0.5) is 0 Å². The number of thioether (sulfide) groups is 2. The fourth-order valence-electron chi connectivity index (χ4n) is 5.01. The van der Waals surface area contributed by atoms with E-state index in [0.717, 1.165) is 22.1 Å². The van der Waals surface area contributed by atoms with Crippen LogP contribution in [0.1, 0.15) is 116 Å². The molecule has 0 aliphatic heterocycles. The maximum Gasteiger partial charge on any atom is 0.354 e. The minimum Gasteiger partial charge on any atom is -0.477 e. The molecule has 1 heterocycles. The summed E-state index contributed by atoms with van der Waals surface area (Å²) < 4.78 is 2.71. The fraction of sp³-hybridized carbons (Fsp3) is 0.655. The van der Waals surface area contributed by atoms with Crippen LogP contribution in [0.2, 0.25) is 0 Å². The van der Waals surface area contributed by atoms with Crippen LogP contribution in [0.5, 0.6) is 0 Å². The van der Waals surface area contributed by atoms with Crippen molar-refractivity contribution in [1.29, 1.82) is 0 Å². The van der Waals surface area contributed by atoms with E-state index >= 15 is 0 Å². The quantitative estimate of drug-likeness (QED) is 0.201. The third-order valence-corrected chi connectivity index (χ3v) is 9.15. The molecule has 2 rings (SSSR count). The molecular formula is C29H48N4O2S2. The molecule has 2 N–H and O–H groups in total. The number of carboxylic acids is 1. The summed E-state index contributed by atoms with van der Waals surface area (Å²) in [6.07, 6.45) is 21.4. The first kappa shape index (κ1) is 31.4. The Balaban J connectivity index is 2.32. The molecule has 0 bridgehead atoms. The molecule has 8 heteroatoms. The van der Waals surface area contributed by atoms with Crippen LogP contribution in [0.3, 0.4) is 0 Å². The molecular weight excluding hydrogens is 500 g/mol. The molecule has 0 radical (unpaired) electrons. The number of carboxylic acid groups (broad SMARTS) is 1. The van der Waals surface area contributed by atoms with E-state index in [1.165, 1.54) is 81.6 Å². The number of rotatable bonds is 16. The summed E-state index contributed by atoms with van der Waals surface area (Å²) >= 11 is 3.20. The highest BCUT2D eigenvalue weighted by atomic mass is 32.2. The molecule has 0 aromatic carbocycles. The summed E-state index contributed by atoms with van der Waals surface area (Å²) in [5, 5.41) is 15.1. The topological polar surface area (TPSA) is 70.4 Å². The lowest BCUT2D eigenvalue weighted by Crippen LogP contribution is -2.46. The number of imidazole rings is 1. The van der Waals surface area contributed by atoms with Gasteiger partial charge in [0.1, 0.15) is 11.5 Å². The van der Waals surface area contributed by atoms with E-state index in [4.69, 9.17) is 0 Å². The van der Waals surface area contributed by atoms with Gasteiger partial charge in [-0.3, -0.25) is 0 Å². The van der Waals surface area contributed by atoms with Crippen LogP contribution in [-0.2, 0) is 7.05 Å². The van der Waals surface area contributed by atoms with Gasteiger partial charge in [-0.05, 0) is 63.3 Å². The van der Waals surface area contributed by atoms with Crippen molar-refractivity contribution in [2.24, 2.45) is 7.05 Å². The second-order valence-electron chi connectivity index (χ2n) is 9.63. The van der Waals surface area contributed by atoms with Crippen LogP contribution in [-0.4, -0.2) is 37.6 Å². The smallest absolute Gasteiger partial charge is 0.354 e. The Morgan fingerprint density at radius 3 is 2.32 bits per heavy atom. The van der Waals surface area contributed by atoms with Gasteiger partial charge in [-0.15, -0.1) is 0 Å². The first-order chi connectivity index (χ1) is 17.9. The predicted molar refractivity (Wildman–Crippen MR) is 160 cm³/mol. The van der Waals surface area contributed by atoms with E-state index in [-0.39, 0.29) is 5.69 Å². The highest BCUT2D eigenvalue weighted by Crippen LogP contribution is 2.39. The van der Waals surface area contributed by atoms with Crippen LogP contribution in [0, 0.1) is 0 Å². The second kappa shape index (κ2) is 16.9. The van der Waals surface area contributed by atoms with Crippen molar-refractivity contribution in [1.82, 2.24) is 19.8 Å². The number of hydrogen-bond donors (Lipinski definition) is 2. The summed E-state index contributed by atoms with van der Waals surface area (Å²) in [6.45, 7) is 11.0. The van der Waals surface area contributed by atoms with Crippen molar-refractivity contribution in [2.45, 2.75) is 122 Å². The van der Waals surface area contributed by atoms with Crippen LogP contribution < -0.4 is 5.32 Å². The molecule has 1 fully saturated rings. The van der Waals surface area contributed by atoms with Gasteiger partial charge in [-0.2, -0.15) is 0 Å². The van der Waals surface area contributed by atoms with Gasteiger partial charge in [0.2, 0.25) is 0 Å². The van der Waals surface area contributed by atoms with E-state index in [1.807, 2.05) is 6.92 Å². The lowest BCUT2D eigenvalue weighted by atomic mass is 9.91. The summed E-state index contributed by atoms with van der Waals surface area (Å²) in [5.74, 6) is 0.287. The molecule has 0 amide bonds. The first-order valence-electron chi connectivity index (χ1n) is 14.1. The van der Waals surface area contributed by atoms with Gasteiger partial charge in [0.15, 0.2) is 5.16 Å². The molecule has 1 aromatic rings. The Morgan fingerprint density at radius 1 is 1.16 bits per heavy atom. The molecule has 37 heavy (non-hydrogen) atoms. The van der Waals surface area contributed by atoms with Gasteiger partial charge in [-0.25, -0.2) is 9.78 Å². The molecule has 1 aromatic heterocycles. The van der Waals surface area contributed by atoms with Crippen molar-refractivity contribution >= 4 is 29.5 Å². The van der Waals surface area contributed by atoms with Gasteiger partial charge in [0, 0.05) is 19.1 Å². The van der Waals surface area contributed by atoms with E-state index in [9.17, 15) is 9.90 Å². The van der Waals surface area contributed by atoms with Crippen molar-refractivity contribution in [3.8, 4) is 0 Å². The summed E-state index contributed by atoms with van der Waals surface area (Å²) in [6, 6.07) is 1.14. The molecule has 208 valence electrons. The van der Waals surface area contributed by atoms with Crippen molar-refractivity contribution in [3.63, 3.8) is 0 Å². The predicted octanol–water partition coefficient (Wildman–Crippen LogP) is 8.50. The SMILES string of the molecule is C/C=C(\S/C(=C\CC)N/C(=C/CC)N(C(CCC)CCC)C1CCCCC1)Sc1ncc(C(=O)O)n1C. The highest BCUT2D eigenvalue weighted by molar-refractivity contribution is 8.23. The van der Waals surface area contributed by atoms with Gasteiger partial charge in [0.25, 0.3) is 0 Å². The first-order valence-corrected chi connectivity index (χ1v) is 15.8. The lowest BCUT2D eigenvalue weighted by Gasteiger charge is -2.43. The zero-order chi connectivity index (χ0) is 27.2. The Kier molecular flexibility index (Phi) is 14.4. The number of nitrogens with one attached hydrogen (secondary N) is 1. The third-order valence-electron chi connectivity index (χ3n) is 6.72. The van der Waals surface area contributed by atoms with E-state index in [0.29, 0.717) is 17.2 Å². The maximum atomic E-state index is 11.5. The van der Waals surface area contributed by atoms with Gasteiger partial charge < -0.3 is 19.9 Å². The normalized spacial score (nSPS) is 15.9. The number of aromatic carboxylic acids is 1. The third kappa shape index (κ3) is 9.47. The zero-order valence-corrected chi connectivity index (χ0v) is 25.4. The Morgan fingerprint density at radius 2 is 1.81 bits per heavy atom. The minimum atomic E-state index is -0.962. The average molecular weight is 549 g/mol. The van der Waals surface area contributed by atoms with Gasteiger partial charge >= 0.3 is 5.97 Å². The molecule has 1 aliphatic rings. The average Bonchev–Trinajstić information content (AvgIpc) is 3.25. The van der Waals surface area contributed by atoms with Gasteiger partial charge in [-0.1, -0.05) is 83.7 Å². The highest BCUT2D eigenvalue weighted by Gasteiger charge is 2.29. The molecule has 1 aliphatic carbocycles. The number of aromatic nitrogens is 2. The van der Waals surface area contributed by atoms with Crippen LogP contribution >= 0.6 is 23.5 Å². The Hall–Kier alpha value is -1.80. The van der Waals surface area contributed by atoms with Gasteiger partial charge in [0.05, 0.1) is 15.5 Å². The molecule has 0 atom stereocenters. The van der Waals surface area contributed by atoms with Crippen molar-refractivity contribution in [3.05, 3.63) is 45.2 Å². The Labute approximate surface area is 233 Å². The summed E-state index contributed by atoms with van der Waals surface area (Å²) in [5.41, 5.74) is 0.194. The van der Waals surface area contributed by atoms with Crippen LogP contribution in [0.15, 0.2) is 44.7 Å². The summed E-state index contributed by atoms with van der Waals surface area (Å²) in [4.78, 5) is 18.6. The van der Waals surface area contributed by atoms with Crippen molar-refractivity contribution in [2.75, 3.05) is 0 Å². The molecule has 0 saturated heterocycles. The number of nitrogens with zero attached hydrogens (tertiary/aromatic N) is 3. The number of hydrogen-bond acceptors (Lipinski definition) is 6.